The topological polar surface area (TPSA) is 65.1 Å². The van der Waals surface area contributed by atoms with Gasteiger partial charge in [-0.15, -0.1) is 0 Å². The molecule has 0 fully saturated rings. The second-order valence-corrected chi connectivity index (χ2v) is 5.10. The molecule has 19 heavy (non-hydrogen) atoms. The van der Waals surface area contributed by atoms with Crippen LogP contribution in [0.4, 0.5) is 4.79 Å². The maximum Gasteiger partial charge on any atom is 0.434 e. The molecule has 0 heterocycles. The second-order valence-electron chi connectivity index (χ2n) is 5.10. The van der Waals surface area contributed by atoms with E-state index in [4.69, 9.17) is 9.57 Å². The van der Waals surface area contributed by atoms with Gasteiger partial charge in [-0.1, -0.05) is 6.92 Å². The Bertz CT molecular complexity index is 285. The molecule has 0 saturated heterocycles. The zero-order chi connectivity index (χ0) is 14.9. The lowest BCUT2D eigenvalue weighted by Gasteiger charge is -2.26. The van der Waals surface area contributed by atoms with Crippen molar-refractivity contribution in [3.05, 3.63) is 0 Å². The molecule has 0 N–H and O–H groups in total. The van der Waals surface area contributed by atoms with Gasteiger partial charge in [0.15, 0.2) is 0 Å². The standard InChI is InChI=1S/C13H25NO5/c1-6-9-14(12(16)19-13(2,3)4)18-10-7-8-11(15)17-5/h6-10H2,1-5H3. The molecule has 0 aliphatic carbocycles. The second kappa shape index (κ2) is 8.74. The fourth-order valence-electron chi connectivity index (χ4n) is 1.22. The van der Waals surface area contributed by atoms with Crippen molar-refractivity contribution in [3.63, 3.8) is 0 Å². The molecule has 0 bridgehead atoms. The van der Waals surface area contributed by atoms with Crippen LogP contribution >= 0.6 is 0 Å². The summed E-state index contributed by atoms with van der Waals surface area (Å²) in [4.78, 5) is 28.1. The van der Waals surface area contributed by atoms with Gasteiger partial charge in [-0.2, -0.15) is 5.06 Å². The first-order chi connectivity index (χ1) is 8.80. The molecule has 0 aliphatic heterocycles. The molecule has 0 aromatic heterocycles. The monoisotopic (exact) mass is 275 g/mol. The SMILES string of the molecule is CCCN(OCCCC(=O)OC)C(=O)OC(C)(C)C. The van der Waals surface area contributed by atoms with E-state index in [0.717, 1.165) is 6.42 Å². The normalized spacial score (nSPS) is 11.0. The van der Waals surface area contributed by atoms with Crippen LogP contribution in [0.25, 0.3) is 0 Å². The molecular weight excluding hydrogens is 250 g/mol. The van der Waals surface area contributed by atoms with E-state index in [1.807, 2.05) is 6.92 Å². The van der Waals surface area contributed by atoms with Crippen LogP contribution < -0.4 is 0 Å². The number of carbonyl (C=O) groups is 2. The van der Waals surface area contributed by atoms with E-state index >= 15 is 0 Å². The Morgan fingerprint density at radius 3 is 2.32 bits per heavy atom. The summed E-state index contributed by atoms with van der Waals surface area (Å²) in [5, 5.41) is 1.20. The molecule has 0 atom stereocenters. The summed E-state index contributed by atoms with van der Waals surface area (Å²) in [6.07, 6.45) is 1.02. The predicted octanol–water partition coefficient (Wildman–Crippen LogP) is 2.52. The van der Waals surface area contributed by atoms with E-state index in [1.165, 1.54) is 12.2 Å². The molecular formula is C13H25NO5. The Hall–Kier alpha value is -1.30. The molecule has 1 amide bonds. The minimum atomic E-state index is -0.557. The Labute approximate surface area is 114 Å². The summed E-state index contributed by atoms with van der Waals surface area (Å²) in [6.45, 7) is 8.06. The van der Waals surface area contributed by atoms with E-state index in [2.05, 4.69) is 4.74 Å². The van der Waals surface area contributed by atoms with Crippen LogP contribution in [0.5, 0.6) is 0 Å². The Kier molecular flexibility index (Phi) is 8.14. The maximum atomic E-state index is 11.8. The number of ether oxygens (including phenoxy) is 2. The molecule has 0 unspecified atom stereocenters. The highest BCUT2D eigenvalue weighted by Gasteiger charge is 2.22. The maximum absolute atomic E-state index is 11.8. The number of carbonyl (C=O) groups excluding carboxylic acids is 2. The molecule has 112 valence electrons. The predicted molar refractivity (Wildman–Crippen MR) is 70.4 cm³/mol. The van der Waals surface area contributed by atoms with Crippen molar-refractivity contribution in [2.75, 3.05) is 20.3 Å². The first-order valence-corrected chi connectivity index (χ1v) is 6.50. The van der Waals surface area contributed by atoms with Crippen molar-refractivity contribution in [3.8, 4) is 0 Å². The summed E-state index contributed by atoms with van der Waals surface area (Å²) < 4.78 is 9.74. The van der Waals surface area contributed by atoms with Crippen LogP contribution in [-0.4, -0.2) is 43.0 Å². The highest BCUT2D eigenvalue weighted by Crippen LogP contribution is 2.11. The number of hydroxylamine groups is 2. The van der Waals surface area contributed by atoms with Gasteiger partial charge in [-0.05, 0) is 33.6 Å². The van der Waals surface area contributed by atoms with Crippen LogP contribution in [0, 0.1) is 0 Å². The summed E-state index contributed by atoms with van der Waals surface area (Å²) in [5.74, 6) is -0.289. The van der Waals surface area contributed by atoms with Gasteiger partial charge in [-0.3, -0.25) is 9.63 Å². The molecule has 0 spiro atoms. The molecule has 0 aromatic rings. The highest BCUT2D eigenvalue weighted by atomic mass is 16.7. The number of amides is 1. The summed E-state index contributed by atoms with van der Waals surface area (Å²) in [6, 6.07) is 0. The van der Waals surface area contributed by atoms with Gasteiger partial charge in [0.1, 0.15) is 5.60 Å². The van der Waals surface area contributed by atoms with Crippen molar-refractivity contribution in [1.82, 2.24) is 5.06 Å². The Balaban J connectivity index is 4.11. The largest absolute Gasteiger partial charge is 0.469 e. The average Bonchev–Trinajstić information content (AvgIpc) is 2.30. The molecule has 6 heteroatoms. The lowest BCUT2D eigenvalue weighted by atomic mass is 10.2. The van der Waals surface area contributed by atoms with E-state index in [9.17, 15) is 9.59 Å². The minimum Gasteiger partial charge on any atom is -0.469 e. The van der Waals surface area contributed by atoms with Crippen molar-refractivity contribution >= 4 is 12.1 Å². The number of nitrogens with zero attached hydrogens (tertiary/aromatic N) is 1. The van der Waals surface area contributed by atoms with Gasteiger partial charge < -0.3 is 9.47 Å². The third-order valence-electron chi connectivity index (χ3n) is 2.02. The quantitative estimate of drug-likeness (QED) is 0.406. The molecule has 0 saturated carbocycles. The van der Waals surface area contributed by atoms with Crippen LogP contribution in [0.1, 0.15) is 47.0 Å². The Morgan fingerprint density at radius 2 is 1.84 bits per heavy atom. The minimum absolute atomic E-state index is 0.269. The van der Waals surface area contributed by atoms with Gasteiger partial charge in [0.2, 0.25) is 0 Å². The molecule has 0 aromatic carbocycles. The molecule has 0 radical (unpaired) electrons. The first-order valence-electron chi connectivity index (χ1n) is 6.50. The Morgan fingerprint density at radius 1 is 1.21 bits per heavy atom. The number of esters is 1. The molecule has 0 rings (SSSR count). The van der Waals surface area contributed by atoms with Crippen LogP contribution in [0.2, 0.25) is 0 Å². The van der Waals surface area contributed by atoms with Crippen LogP contribution in [-0.2, 0) is 19.1 Å². The van der Waals surface area contributed by atoms with E-state index in [1.54, 1.807) is 20.8 Å². The number of methoxy groups -OCH3 is 1. The van der Waals surface area contributed by atoms with Crippen LogP contribution in [0.3, 0.4) is 0 Å². The van der Waals surface area contributed by atoms with Gasteiger partial charge in [0.25, 0.3) is 0 Å². The fraction of sp³-hybridized carbons (Fsp3) is 0.846. The molecule has 6 nitrogen and oxygen atoms in total. The summed E-state index contributed by atoms with van der Waals surface area (Å²) in [5.41, 5.74) is -0.557. The van der Waals surface area contributed by atoms with Crippen molar-refractivity contribution in [2.24, 2.45) is 0 Å². The fourth-order valence-corrected chi connectivity index (χ4v) is 1.22. The third kappa shape index (κ3) is 9.30. The van der Waals surface area contributed by atoms with E-state index in [0.29, 0.717) is 13.0 Å². The summed E-state index contributed by atoms with van der Waals surface area (Å²) >= 11 is 0. The number of rotatable bonds is 7. The number of hydrogen-bond donors (Lipinski definition) is 0. The average molecular weight is 275 g/mol. The van der Waals surface area contributed by atoms with Crippen LogP contribution in [0.15, 0.2) is 0 Å². The summed E-state index contributed by atoms with van der Waals surface area (Å²) in [7, 11) is 1.34. The zero-order valence-corrected chi connectivity index (χ0v) is 12.5. The first kappa shape index (κ1) is 17.7. The van der Waals surface area contributed by atoms with Gasteiger partial charge in [0, 0.05) is 6.42 Å². The lowest BCUT2D eigenvalue weighted by Crippen LogP contribution is -2.37. The van der Waals surface area contributed by atoms with E-state index < -0.39 is 11.7 Å². The number of hydrogen-bond acceptors (Lipinski definition) is 5. The van der Waals surface area contributed by atoms with Gasteiger partial charge >= 0.3 is 12.1 Å². The third-order valence-corrected chi connectivity index (χ3v) is 2.02. The molecule has 0 aliphatic rings. The van der Waals surface area contributed by atoms with Crippen molar-refractivity contribution in [2.45, 2.75) is 52.6 Å². The van der Waals surface area contributed by atoms with Gasteiger partial charge in [0.05, 0.1) is 20.3 Å². The van der Waals surface area contributed by atoms with Crippen molar-refractivity contribution in [1.29, 1.82) is 0 Å². The van der Waals surface area contributed by atoms with Gasteiger partial charge in [-0.25, -0.2) is 4.79 Å². The zero-order valence-electron chi connectivity index (χ0n) is 12.5. The van der Waals surface area contributed by atoms with Crippen molar-refractivity contribution < 1.29 is 23.9 Å². The smallest absolute Gasteiger partial charge is 0.434 e. The van der Waals surface area contributed by atoms with E-state index in [-0.39, 0.29) is 19.0 Å². The lowest BCUT2D eigenvalue weighted by molar-refractivity contribution is -0.152. The highest BCUT2D eigenvalue weighted by molar-refractivity contribution is 5.69.